The lowest BCUT2D eigenvalue weighted by molar-refractivity contribution is -0.0396. The van der Waals surface area contributed by atoms with Crippen LogP contribution in [-0.4, -0.2) is 79.6 Å². The zero-order valence-corrected chi connectivity index (χ0v) is 22.9. The van der Waals surface area contributed by atoms with Crippen LogP contribution < -0.4 is 9.64 Å². The maximum absolute atomic E-state index is 16.5. The minimum atomic E-state index is -0.642. The zero-order chi connectivity index (χ0) is 27.8. The maximum Gasteiger partial charge on any atom is 0.319 e. The molecule has 8 rings (SSSR count). The molecule has 0 amide bonds. The molecule has 1 aromatic carbocycles. The van der Waals surface area contributed by atoms with Gasteiger partial charge in [0.25, 0.3) is 0 Å². The lowest BCUT2D eigenvalue weighted by Crippen LogP contribution is -2.52. The van der Waals surface area contributed by atoms with Gasteiger partial charge >= 0.3 is 6.01 Å². The standard InChI is InChI=1S/C30H33F2N7O2/c31-18-10-20(21-15-34-37-23(21)11-18)25-24(32)26-22(14-33-25)27(38-7-1-4-29(16-38)12-19(40)13-29)36-28(35-26)41-17-30-5-2-8-39(30)9-3-6-30/h10-11,14-15,19,40H,1-9,12-13,16-17H2,(H,34,37). The quantitative estimate of drug-likeness (QED) is 0.365. The molecule has 2 N–H and O–H groups in total. The third-order valence-corrected chi connectivity index (χ3v) is 10.0. The number of aromatic nitrogens is 5. The Morgan fingerprint density at radius 2 is 1.80 bits per heavy atom. The van der Waals surface area contributed by atoms with E-state index in [1.807, 2.05) is 0 Å². The number of fused-ring (bicyclic) bond motifs is 3. The Morgan fingerprint density at radius 1 is 1.00 bits per heavy atom. The number of ether oxygens (including phenoxy) is 1. The largest absolute Gasteiger partial charge is 0.461 e. The number of piperidine rings is 1. The number of pyridine rings is 1. The van der Waals surface area contributed by atoms with E-state index in [0.29, 0.717) is 34.3 Å². The van der Waals surface area contributed by atoms with Crippen LogP contribution in [-0.2, 0) is 0 Å². The number of H-pyrrole nitrogens is 1. The summed E-state index contributed by atoms with van der Waals surface area (Å²) in [5, 5.41) is 17.9. The first kappa shape index (κ1) is 25.3. The predicted molar refractivity (Wildman–Crippen MR) is 150 cm³/mol. The summed E-state index contributed by atoms with van der Waals surface area (Å²) < 4.78 is 37.3. The predicted octanol–water partition coefficient (Wildman–Crippen LogP) is 4.59. The molecule has 0 atom stereocenters. The fraction of sp³-hybridized carbons (Fsp3) is 0.533. The van der Waals surface area contributed by atoms with Crippen molar-refractivity contribution in [2.45, 2.75) is 63.0 Å². The fourth-order valence-electron chi connectivity index (χ4n) is 8.05. The number of nitrogens with one attached hydrogen (secondary N) is 1. The van der Waals surface area contributed by atoms with Crippen molar-refractivity contribution in [3.63, 3.8) is 0 Å². The smallest absolute Gasteiger partial charge is 0.319 e. The normalized spacial score (nSPS) is 25.7. The van der Waals surface area contributed by atoms with Crippen LogP contribution in [0.3, 0.4) is 0 Å². The van der Waals surface area contributed by atoms with Gasteiger partial charge in [-0.3, -0.25) is 15.0 Å². The Bertz CT molecular complexity index is 1640. The van der Waals surface area contributed by atoms with Crippen LogP contribution in [0.4, 0.5) is 14.6 Å². The molecule has 214 valence electrons. The first-order valence-corrected chi connectivity index (χ1v) is 14.7. The Labute approximate surface area is 235 Å². The van der Waals surface area contributed by atoms with Gasteiger partial charge in [0, 0.05) is 30.2 Å². The van der Waals surface area contributed by atoms with Gasteiger partial charge in [-0.15, -0.1) is 0 Å². The molecule has 1 aliphatic carbocycles. The number of rotatable bonds is 5. The van der Waals surface area contributed by atoms with Gasteiger partial charge in [0.15, 0.2) is 5.82 Å². The van der Waals surface area contributed by atoms with E-state index in [4.69, 9.17) is 9.72 Å². The van der Waals surface area contributed by atoms with E-state index in [1.165, 1.54) is 12.1 Å². The van der Waals surface area contributed by atoms with Crippen LogP contribution in [0.1, 0.15) is 51.4 Å². The van der Waals surface area contributed by atoms with E-state index in [-0.39, 0.29) is 34.3 Å². The summed E-state index contributed by atoms with van der Waals surface area (Å²) in [4.78, 5) is 18.7. The van der Waals surface area contributed by atoms with Crippen LogP contribution >= 0.6 is 0 Å². The number of hydrogen-bond acceptors (Lipinski definition) is 8. The second kappa shape index (κ2) is 9.29. The average molecular weight is 562 g/mol. The maximum atomic E-state index is 16.5. The number of benzene rings is 1. The van der Waals surface area contributed by atoms with Crippen LogP contribution in [0.25, 0.3) is 33.1 Å². The average Bonchev–Trinajstić information content (AvgIpc) is 3.67. The van der Waals surface area contributed by atoms with E-state index in [2.05, 4.69) is 30.0 Å². The molecule has 0 unspecified atom stereocenters. The summed E-state index contributed by atoms with van der Waals surface area (Å²) in [6.07, 6.45) is 10.9. The molecular formula is C30H33F2N7O2. The van der Waals surface area contributed by atoms with Gasteiger partial charge in [-0.25, -0.2) is 8.78 Å². The summed E-state index contributed by atoms with van der Waals surface area (Å²) in [5.74, 6) is -0.552. The van der Waals surface area contributed by atoms with E-state index in [1.54, 1.807) is 12.4 Å². The molecule has 3 aliphatic heterocycles. The third kappa shape index (κ3) is 4.07. The van der Waals surface area contributed by atoms with Crippen molar-refractivity contribution in [3.8, 4) is 17.3 Å². The monoisotopic (exact) mass is 561 g/mol. The Balaban J connectivity index is 1.23. The second-order valence-electron chi connectivity index (χ2n) is 12.6. The van der Waals surface area contributed by atoms with Gasteiger partial charge in [-0.05, 0) is 82.0 Å². The van der Waals surface area contributed by atoms with Gasteiger partial charge in [-0.1, -0.05) is 0 Å². The highest BCUT2D eigenvalue weighted by atomic mass is 19.1. The number of halogens is 2. The Morgan fingerprint density at radius 3 is 2.61 bits per heavy atom. The highest BCUT2D eigenvalue weighted by Crippen LogP contribution is 2.49. The first-order chi connectivity index (χ1) is 19.9. The molecular weight excluding hydrogens is 528 g/mol. The number of nitrogens with zero attached hydrogens (tertiary/aromatic N) is 6. The molecule has 41 heavy (non-hydrogen) atoms. The summed E-state index contributed by atoms with van der Waals surface area (Å²) >= 11 is 0. The summed E-state index contributed by atoms with van der Waals surface area (Å²) in [5.41, 5.74) is 0.925. The minimum Gasteiger partial charge on any atom is -0.461 e. The van der Waals surface area contributed by atoms with Crippen LogP contribution in [0, 0.1) is 17.0 Å². The van der Waals surface area contributed by atoms with E-state index >= 15 is 4.39 Å². The fourth-order valence-corrected chi connectivity index (χ4v) is 8.05. The van der Waals surface area contributed by atoms with Crippen molar-refractivity contribution in [2.24, 2.45) is 5.41 Å². The van der Waals surface area contributed by atoms with Crippen molar-refractivity contribution >= 4 is 27.6 Å². The Hall–Kier alpha value is -3.44. The molecule has 3 aromatic heterocycles. The van der Waals surface area contributed by atoms with E-state index < -0.39 is 11.6 Å². The molecule has 3 saturated heterocycles. The van der Waals surface area contributed by atoms with E-state index in [9.17, 15) is 9.50 Å². The number of aliphatic hydroxyl groups excluding tert-OH is 1. The molecule has 0 bridgehead atoms. The molecule has 9 nitrogen and oxygen atoms in total. The third-order valence-electron chi connectivity index (χ3n) is 10.0. The summed E-state index contributed by atoms with van der Waals surface area (Å²) in [7, 11) is 0. The van der Waals surface area contributed by atoms with Gasteiger partial charge < -0.3 is 14.7 Å². The van der Waals surface area contributed by atoms with Crippen molar-refractivity contribution in [1.82, 2.24) is 30.0 Å². The number of aromatic amines is 1. The number of hydrogen-bond donors (Lipinski definition) is 2. The number of aliphatic hydroxyl groups is 1. The first-order valence-electron chi connectivity index (χ1n) is 14.7. The van der Waals surface area contributed by atoms with Crippen molar-refractivity contribution in [3.05, 3.63) is 36.2 Å². The minimum absolute atomic E-state index is 0.00702. The highest BCUT2D eigenvalue weighted by molar-refractivity contribution is 5.97. The van der Waals surface area contributed by atoms with Gasteiger partial charge in [0.05, 0.1) is 28.7 Å². The van der Waals surface area contributed by atoms with Crippen molar-refractivity contribution in [2.75, 3.05) is 37.7 Å². The van der Waals surface area contributed by atoms with Gasteiger partial charge in [-0.2, -0.15) is 15.1 Å². The van der Waals surface area contributed by atoms with Gasteiger partial charge in [0.1, 0.15) is 29.5 Å². The molecule has 1 saturated carbocycles. The molecule has 4 aromatic rings. The zero-order valence-electron chi connectivity index (χ0n) is 22.9. The molecule has 11 heteroatoms. The molecule has 1 spiro atoms. The van der Waals surface area contributed by atoms with E-state index in [0.717, 1.165) is 77.5 Å². The summed E-state index contributed by atoms with van der Waals surface area (Å²) in [6, 6.07) is 2.76. The van der Waals surface area contributed by atoms with Crippen LogP contribution in [0.15, 0.2) is 24.5 Å². The molecule has 0 radical (unpaired) electrons. The number of anilines is 1. The highest BCUT2D eigenvalue weighted by Gasteiger charge is 2.47. The lowest BCUT2D eigenvalue weighted by Gasteiger charge is -2.51. The van der Waals surface area contributed by atoms with Crippen LogP contribution in [0.2, 0.25) is 0 Å². The van der Waals surface area contributed by atoms with Crippen molar-refractivity contribution < 1.29 is 18.6 Å². The van der Waals surface area contributed by atoms with Crippen LogP contribution in [0.5, 0.6) is 6.01 Å². The van der Waals surface area contributed by atoms with Crippen molar-refractivity contribution in [1.29, 1.82) is 0 Å². The second-order valence-corrected chi connectivity index (χ2v) is 12.6. The lowest BCUT2D eigenvalue weighted by atomic mass is 9.62. The SMILES string of the molecule is OC1CC2(CCCN(c3nc(OCC45CCCN4CCC5)nc4c(F)c(-c5cc(F)cc6[nH]ncc56)ncc34)C2)C1. The Kier molecular flexibility index (Phi) is 5.73. The summed E-state index contributed by atoms with van der Waals surface area (Å²) in [6.45, 7) is 4.12. The molecule has 4 fully saturated rings. The molecule has 6 heterocycles. The topological polar surface area (TPSA) is 103 Å². The van der Waals surface area contributed by atoms with Gasteiger partial charge in [0.2, 0.25) is 0 Å². The molecule has 4 aliphatic rings.